The van der Waals surface area contributed by atoms with E-state index in [1.165, 1.54) is 16.1 Å². The van der Waals surface area contributed by atoms with Crippen molar-refractivity contribution in [3.8, 4) is 0 Å². The maximum atomic E-state index is 6.11. The molecule has 25 heavy (non-hydrogen) atoms. The zero-order valence-electron chi connectivity index (χ0n) is 15.4. The van der Waals surface area contributed by atoms with Gasteiger partial charge in [0.1, 0.15) is 0 Å². The van der Waals surface area contributed by atoms with Crippen molar-refractivity contribution in [3.63, 3.8) is 0 Å². The predicted molar refractivity (Wildman–Crippen MR) is 104 cm³/mol. The van der Waals surface area contributed by atoms with Crippen LogP contribution in [0.15, 0.2) is 35.8 Å². The molecule has 0 bridgehead atoms. The van der Waals surface area contributed by atoms with Crippen molar-refractivity contribution in [2.45, 2.75) is 32.4 Å². The average Bonchev–Trinajstić information content (AvgIpc) is 2.89. The predicted octanol–water partition coefficient (Wildman–Crippen LogP) is 3.22. The number of aromatic nitrogens is 1. The summed E-state index contributed by atoms with van der Waals surface area (Å²) >= 11 is 1.77. The molecule has 0 radical (unpaired) electrons. The van der Waals surface area contributed by atoms with Gasteiger partial charge in [0.15, 0.2) is 0 Å². The molecule has 2 heterocycles. The van der Waals surface area contributed by atoms with Gasteiger partial charge in [0.25, 0.3) is 0 Å². The first-order valence-electron chi connectivity index (χ1n) is 9.16. The van der Waals surface area contributed by atoms with E-state index in [1.54, 1.807) is 11.3 Å². The topological polar surface area (TPSA) is 28.6 Å². The Hall–Kier alpha value is -1.27. The minimum absolute atomic E-state index is 0.291. The lowest BCUT2D eigenvalue weighted by Crippen LogP contribution is -2.39. The second-order valence-electron chi connectivity index (χ2n) is 6.94. The summed E-state index contributed by atoms with van der Waals surface area (Å²) in [6.45, 7) is 8.17. The van der Waals surface area contributed by atoms with Gasteiger partial charge >= 0.3 is 0 Å². The summed E-state index contributed by atoms with van der Waals surface area (Å²) in [5.41, 5.74) is 4.51. The van der Waals surface area contributed by atoms with Gasteiger partial charge in [-0.1, -0.05) is 30.3 Å². The summed E-state index contributed by atoms with van der Waals surface area (Å²) in [5, 5.41) is 0. The van der Waals surface area contributed by atoms with Gasteiger partial charge in [-0.15, -0.1) is 11.3 Å². The van der Waals surface area contributed by atoms with Gasteiger partial charge in [-0.25, -0.2) is 4.98 Å². The zero-order valence-corrected chi connectivity index (χ0v) is 16.2. The fourth-order valence-electron chi connectivity index (χ4n) is 3.36. The molecule has 0 aliphatic carbocycles. The highest BCUT2D eigenvalue weighted by Gasteiger charge is 2.20. The Labute approximate surface area is 155 Å². The van der Waals surface area contributed by atoms with Crippen LogP contribution >= 0.6 is 11.3 Å². The molecule has 0 saturated carbocycles. The molecule has 1 aromatic carbocycles. The molecule has 1 atom stereocenters. The normalized spacial score (nSPS) is 19.2. The molecule has 5 heteroatoms. The monoisotopic (exact) mass is 359 g/mol. The smallest absolute Gasteiger partial charge is 0.0828 e. The van der Waals surface area contributed by atoms with Crippen LogP contribution in [0.5, 0.6) is 0 Å². The van der Waals surface area contributed by atoms with Crippen LogP contribution in [-0.4, -0.2) is 60.7 Å². The van der Waals surface area contributed by atoms with E-state index in [9.17, 15) is 0 Å². The minimum atomic E-state index is 0.291. The van der Waals surface area contributed by atoms with E-state index in [1.807, 2.05) is 5.51 Å². The van der Waals surface area contributed by atoms with Crippen molar-refractivity contribution >= 4 is 11.3 Å². The lowest BCUT2D eigenvalue weighted by Gasteiger charge is -2.27. The maximum Gasteiger partial charge on any atom is 0.0828 e. The first-order chi connectivity index (χ1) is 12.2. The molecule has 1 fully saturated rings. The Morgan fingerprint density at radius 3 is 2.92 bits per heavy atom. The molecular weight excluding hydrogens is 330 g/mol. The van der Waals surface area contributed by atoms with E-state index in [-0.39, 0.29) is 0 Å². The van der Waals surface area contributed by atoms with E-state index in [0.717, 1.165) is 52.2 Å². The van der Waals surface area contributed by atoms with Gasteiger partial charge < -0.3 is 9.64 Å². The Morgan fingerprint density at radius 2 is 2.16 bits per heavy atom. The minimum Gasteiger partial charge on any atom is -0.376 e. The summed E-state index contributed by atoms with van der Waals surface area (Å²) in [7, 11) is 2.20. The van der Waals surface area contributed by atoms with E-state index in [2.05, 4.69) is 59.1 Å². The van der Waals surface area contributed by atoms with Gasteiger partial charge in [0.05, 0.1) is 17.3 Å². The third-order valence-corrected chi connectivity index (χ3v) is 5.76. The molecule has 3 rings (SSSR count). The van der Waals surface area contributed by atoms with E-state index in [4.69, 9.17) is 4.74 Å². The molecule has 1 aliphatic heterocycles. The summed E-state index contributed by atoms with van der Waals surface area (Å²) in [6.07, 6.45) is 2.49. The molecule has 1 aromatic heterocycles. The van der Waals surface area contributed by atoms with Gasteiger partial charge in [-0.2, -0.15) is 0 Å². The molecular formula is C20H29N3OS. The Morgan fingerprint density at radius 1 is 1.32 bits per heavy atom. The lowest BCUT2D eigenvalue weighted by atomic mass is 10.2. The summed E-state index contributed by atoms with van der Waals surface area (Å²) in [4.78, 5) is 10.7. The molecule has 136 valence electrons. The number of rotatable bonds is 7. The first kappa shape index (κ1) is 18.5. The molecule has 0 N–H and O–H groups in total. The number of aryl methyl sites for hydroxylation is 1. The highest BCUT2D eigenvalue weighted by Crippen LogP contribution is 2.14. The number of benzene rings is 1. The number of nitrogens with zero attached hydrogens (tertiary/aromatic N) is 3. The standard InChI is InChI=1S/C20H29N3OS/c1-17-20(25-16-21-17)9-11-22(2)14-19-15-23(10-6-12-24-19)13-18-7-4-3-5-8-18/h3-5,7-8,16,19H,6,9-15H2,1-2H3. The van der Waals surface area contributed by atoms with Crippen LogP contribution in [0.1, 0.15) is 22.6 Å². The largest absolute Gasteiger partial charge is 0.376 e. The number of likely N-dealkylation sites (N-methyl/N-ethyl adjacent to an activating group) is 1. The van der Waals surface area contributed by atoms with Crippen LogP contribution in [0.25, 0.3) is 0 Å². The molecule has 2 aromatic rings. The Balaban J connectivity index is 1.48. The molecule has 1 saturated heterocycles. The van der Waals surface area contributed by atoms with Crippen LogP contribution in [0.4, 0.5) is 0 Å². The van der Waals surface area contributed by atoms with E-state index in [0.29, 0.717) is 6.10 Å². The summed E-state index contributed by atoms with van der Waals surface area (Å²) in [6, 6.07) is 10.7. The molecule has 0 spiro atoms. The average molecular weight is 360 g/mol. The Bertz CT molecular complexity index is 631. The van der Waals surface area contributed by atoms with Gasteiger partial charge in [-0.05, 0) is 32.4 Å². The van der Waals surface area contributed by atoms with Crippen LogP contribution in [0.2, 0.25) is 0 Å². The van der Waals surface area contributed by atoms with Crippen LogP contribution in [-0.2, 0) is 17.7 Å². The molecule has 4 nitrogen and oxygen atoms in total. The fourth-order valence-corrected chi connectivity index (χ4v) is 4.13. The SMILES string of the molecule is Cc1ncsc1CCN(C)CC1CN(Cc2ccccc2)CCCO1. The van der Waals surface area contributed by atoms with Crippen molar-refractivity contribution in [1.29, 1.82) is 0 Å². The molecule has 1 unspecified atom stereocenters. The maximum absolute atomic E-state index is 6.11. The fraction of sp³-hybridized carbons (Fsp3) is 0.550. The van der Waals surface area contributed by atoms with Gasteiger partial charge in [0, 0.05) is 44.2 Å². The number of thiazole rings is 1. The van der Waals surface area contributed by atoms with Crippen molar-refractivity contribution in [2.75, 3.05) is 39.8 Å². The third kappa shape index (κ3) is 5.89. The summed E-state index contributed by atoms with van der Waals surface area (Å²) < 4.78 is 6.11. The van der Waals surface area contributed by atoms with Crippen molar-refractivity contribution in [2.24, 2.45) is 0 Å². The zero-order chi connectivity index (χ0) is 17.5. The summed E-state index contributed by atoms with van der Waals surface area (Å²) in [5.74, 6) is 0. The highest BCUT2D eigenvalue weighted by atomic mass is 32.1. The second-order valence-corrected chi connectivity index (χ2v) is 7.88. The number of hydrogen-bond acceptors (Lipinski definition) is 5. The van der Waals surface area contributed by atoms with Crippen LogP contribution < -0.4 is 0 Å². The third-order valence-electron chi connectivity index (χ3n) is 4.76. The van der Waals surface area contributed by atoms with Crippen molar-refractivity contribution in [1.82, 2.24) is 14.8 Å². The van der Waals surface area contributed by atoms with Gasteiger partial charge in [0.2, 0.25) is 0 Å². The Kier molecular flexibility index (Phi) is 6.99. The van der Waals surface area contributed by atoms with Gasteiger partial charge in [-0.3, -0.25) is 4.90 Å². The van der Waals surface area contributed by atoms with Crippen molar-refractivity contribution in [3.05, 3.63) is 52.0 Å². The van der Waals surface area contributed by atoms with Crippen LogP contribution in [0, 0.1) is 6.92 Å². The first-order valence-corrected chi connectivity index (χ1v) is 10.0. The second kappa shape index (κ2) is 9.43. The van der Waals surface area contributed by atoms with E-state index >= 15 is 0 Å². The van der Waals surface area contributed by atoms with Crippen LogP contribution in [0.3, 0.4) is 0 Å². The number of hydrogen-bond donors (Lipinski definition) is 0. The van der Waals surface area contributed by atoms with E-state index < -0.39 is 0 Å². The quantitative estimate of drug-likeness (QED) is 0.759. The highest BCUT2D eigenvalue weighted by molar-refractivity contribution is 7.09. The lowest BCUT2D eigenvalue weighted by molar-refractivity contribution is 0.0315. The molecule has 0 amide bonds. The number of ether oxygens (including phenoxy) is 1. The van der Waals surface area contributed by atoms with Crippen molar-refractivity contribution < 1.29 is 4.74 Å². The molecule has 1 aliphatic rings.